The quantitative estimate of drug-likeness (QED) is 0.627. The van der Waals surface area contributed by atoms with E-state index in [0.29, 0.717) is 18.7 Å². The molecule has 1 atom stereocenters. The number of hydrogen-bond donors (Lipinski definition) is 2. The van der Waals surface area contributed by atoms with Crippen LogP contribution in [-0.4, -0.2) is 23.5 Å². The van der Waals surface area contributed by atoms with Crippen molar-refractivity contribution in [2.75, 3.05) is 11.4 Å². The van der Waals surface area contributed by atoms with Gasteiger partial charge in [-0.05, 0) is 12.1 Å². The smallest absolute Gasteiger partial charge is 0.271 e. The van der Waals surface area contributed by atoms with Crippen LogP contribution in [0.4, 0.5) is 5.69 Å². The molecule has 0 bridgehead atoms. The van der Waals surface area contributed by atoms with E-state index < -0.39 is 0 Å². The molecule has 14 heavy (non-hydrogen) atoms. The molecular weight excluding hydrogens is 182 g/mol. The second-order valence-electron chi connectivity index (χ2n) is 3.35. The van der Waals surface area contributed by atoms with E-state index in [-0.39, 0.29) is 17.5 Å². The van der Waals surface area contributed by atoms with E-state index in [0.717, 1.165) is 0 Å². The standard InChI is InChI=1S/C9H11N3O2/c10-6-4-8(13)12(5-6)7-2-1-3-11-9(7)14/h1-3,6H,4-5,10H2,(H,11,14). The van der Waals surface area contributed by atoms with Crippen LogP contribution in [0.25, 0.3) is 0 Å². The van der Waals surface area contributed by atoms with E-state index in [1.165, 1.54) is 11.1 Å². The van der Waals surface area contributed by atoms with Gasteiger partial charge in [-0.2, -0.15) is 0 Å². The lowest BCUT2D eigenvalue weighted by Gasteiger charge is -2.13. The Morgan fingerprint density at radius 1 is 1.50 bits per heavy atom. The van der Waals surface area contributed by atoms with Gasteiger partial charge in [0.05, 0.1) is 0 Å². The lowest BCUT2D eigenvalue weighted by atomic mass is 10.3. The molecule has 0 spiro atoms. The van der Waals surface area contributed by atoms with Crippen molar-refractivity contribution < 1.29 is 4.79 Å². The zero-order valence-corrected chi connectivity index (χ0v) is 7.56. The molecule has 1 amide bonds. The number of nitrogens with two attached hydrogens (primary N) is 1. The summed E-state index contributed by atoms with van der Waals surface area (Å²) in [5, 5.41) is 0. The molecule has 1 aromatic heterocycles. The van der Waals surface area contributed by atoms with Crippen LogP contribution in [0.3, 0.4) is 0 Å². The summed E-state index contributed by atoms with van der Waals surface area (Å²) in [6.07, 6.45) is 1.85. The van der Waals surface area contributed by atoms with Gasteiger partial charge in [0, 0.05) is 25.2 Å². The maximum Gasteiger partial charge on any atom is 0.271 e. The van der Waals surface area contributed by atoms with Crippen molar-refractivity contribution in [1.82, 2.24) is 4.98 Å². The first kappa shape index (κ1) is 8.96. The second kappa shape index (κ2) is 3.26. The number of carbonyl (C=O) groups is 1. The van der Waals surface area contributed by atoms with Gasteiger partial charge in [0.25, 0.3) is 5.56 Å². The molecule has 0 radical (unpaired) electrons. The van der Waals surface area contributed by atoms with E-state index in [2.05, 4.69) is 4.98 Å². The van der Waals surface area contributed by atoms with E-state index in [9.17, 15) is 9.59 Å². The highest BCUT2D eigenvalue weighted by Crippen LogP contribution is 2.15. The van der Waals surface area contributed by atoms with Gasteiger partial charge < -0.3 is 15.6 Å². The van der Waals surface area contributed by atoms with Gasteiger partial charge in [-0.15, -0.1) is 0 Å². The molecule has 1 fully saturated rings. The van der Waals surface area contributed by atoms with Crippen LogP contribution in [0.15, 0.2) is 23.1 Å². The SMILES string of the molecule is NC1CC(=O)N(c2ccc[nH]c2=O)C1. The van der Waals surface area contributed by atoms with Crippen LogP contribution in [0.2, 0.25) is 0 Å². The lowest BCUT2D eigenvalue weighted by Crippen LogP contribution is -2.32. The minimum Gasteiger partial charge on any atom is -0.327 e. The fourth-order valence-electron chi connectivity index (χ4n) is 1.59. The average molecular weight is 193 g/mol. The van der Waals surface area contributed by atoms with Crippen LogP contribution < -0.4 is 16.2 Å². The Labute approximate surface area is 80.5 Å². The van der Waals surface area contributed by atoms with Crippen LogP contribution in [0.1, 0.15) is 6.42 Å². The maximum absolute atomic E-state index is 11.4. The number of rotatable bonds is 1. The Kier molecular flexibility index (Phi) is 2.09. The first-order chi connectivity index (χ1) is 6.68. The summed E-state index contributed by atoms with van der Waals surface area (Å²) >= 11 is 0. The molecule has 74 valence electrons. The number of nitrogens with zero attached hydrogens (tertiary/aromatic N) is 1. The van der Waals surface area contributed by atoms with Crippen molar-refractivity contribution in [2.24, 2.45) is 5.73 Å². The minimum absolute atomic E-state index is 0.0887. The first-order valence-electron chi connectivity index (χ1n) is 4.42. The highest BCUT2D eigenvalue weighted by molar-refractivity contribution is 5.95. The van der Waals surface area contributed by atoms with Crippen molar-refractivity contribution in [3.63, 3.8) is 0 Å². The zero-order valence-electron chi connectivity index (χ0n) is 7.56. The predicted octanol–water partition coefficient (Wildman–Crippen LogP) is -0.561. The van der Waals surface area contributed by atoms with Gasteiger partial charge in [0.1, 0.15) is 5.69 Å². The Bertz CT molecular complexity index is 413. The van der Waals surface area contributed by atoms with E-state index in [1.807, 2.05) is 0 Å². The average Bonchev–Trinajstić information content (AvgIpc) is 2.46. The molecule has 2 heterocycles. The molecular formula is C9H11N3O2. The Morgan fingerprint density at radius 2 is 2.29 bits per heavy atom. The number of H-pyrrole nitrogens is 1. The Hall–Kier alpha value is -1.62. The largest absolute Gasteiger partial charge is 0.327 e. The van der Waals surface area contributed by atoms with Crippen LogP contribution >= 0.6 is 0 Å². The topological polar surface area (TPSA) is 79.2 Å². The number of hydrogen-bond acceptors (Lipinski definition) is 3. The fourth-order valence-corrected chi connectivity index (χ4v) is 1.59. The molecule has 1 aliphatic heterocycles. The van der Waals surface area contributed by atoms with Crippen LogP contribution in [0, 0.1) is 0 Å². The number of pyridine rings is 1. The summed E-state index contributed by atoms with van der Waals surface area (Å²) in [4.78, 5) is 26.8. The fraction of sp³-hybridized carbons (Fsp3) is 0.333. The summed E-state index contributed by atoms with van der Waals surface area (Å²) in [7, 11) is 0. The van der Waals surface area contributed by atoms with Gasteiger partial charge in [-0.25, -0.2) is 0 Å². The van der Waals surface area contributed by atoms with Crippen molar-refractivity contribution in [3.8, 4) is 0 Å². The van der Waals surface area contributed by atoms with Gasteiger partial charge in [-0.3, -0.25) is 9.59 Å². The number of amides is 1. The molecule has 1 unspecified atom stereocenters. The van der Waals surface area contributed by atoms with Gasteiger partial charge in [-0.1, -0.05) is 0 Å². The van der Waals surface area contributed by atoms with Crippen LogP contribution in [0.5, 0.6) is 0 Å². The molecule has 0 aliphatic carbocycles. The van der Waals surface area contributed by atoms with E-state index in [4.69, 9.17) is 5.73 Å². The summed E-state index contributed by atoms with van der Waals surface area (Å²) in [5.74, 6) is -0.0887. The van der Waals surface area contributed by atoms with Gasteiger partial charge in [0.2, 0.25) is 5.91 Å². The third-order valence-electron chi connectivity index (χ3n) is 2.24. The highest BCUT2D eigenvalue weighted by atomic mass is 16.2. The molecule has 3 N–H and O–H groups in total. The number of aromatic amines is 1. The maximum atomic E-state index is 11.4. The lowest BCUT2D eigenvalue weighted by molar-refractivity contribution is -0.117. The predicted molar refractivity (Wildman–Crippen MR) is 52.0 cm³/mol. The molecule has 5 nitrogen and oxygen atoms in total. The summed E-state index contributed by atoms with van der Waals surface area (Å²) < 4.78 is 0. The third kappa shape index (κ3) is 1.42. The summed E-state index contributed by atoms with van der Waals surface area (Å²) in [6.45, 7) is 0.423. The Balaban J connectivity index is 2.37. The second-order valence-corrected chi connectivity index (χ2v) is 3.35. The van der Waals surface area contributed by atoms with Gasteiger partial charge in [0.15, 0.2) is 0 Å². The molecule has 2 rings (SSSR count). The van der Waals surface area contributed by atoms with Crippen LogP contribution in [-0.2, 0) is 4.79 Å². The third-order valence-corrected chi connectivity index (χ3v) is 2.24. The first-order valence-corrected chi connectivity index (χ1v) is 4.42. The van der Waals surface area contributed by atoms with Crippen molar-refractivity contribution in [2.45, 2.75) is 12.5 Å². The molecule has 1 aromatic rings. The van der Waals surface area contributed by atoms with Crippen molar-refractivity contribution in [3.05, 3.63) is 28.7 Å². The number of aromatic nitrogens is 1. The zero-order chi connectivity index (χ0) is 10.1. The molecule has 1 saturated heterocycles. The van der Waals surface area contributed by atoms with E-state index in [1.54, 1.807) is 12.1 Å². The number of carbonyl (C=O) groups excluding carboxylic acids is 1. The Morgan fingerprint density at radius 3 is 2.86 bits per heavy atom. The molecule has 1 aliphatic rings. The van der Waals surface area contributed by atoms with Crippen molar-refractivity contribution in [1.29, 1.82) is 0 Å². The number of anilines is 1. The highest BCUT2D eigenvalue weighted by Gasteiger charge is 2.29. The monoisotopic (exact) mass is 193 g/mol. The minimum atomic E-state index is -0.255. The number of nitrogens with one attached hydrogen (secondary N) is 1. The molecule has 0 saturated carbocycles. The summed E-state index contributed by atoms with van der Waals surface area (Å²) in [6, 6.07) is 3.14. The van der Waals surface area contributed by atoms with Gasteiger partial charge >= 0.3 is 0 Å². The molecule has 5 heteroatoms. The van der Waals surface area contributed by atoms with Crippen molar-refractivity contribution >= 4 is 11.6 Å². The van der Waals surface area contributed by atoms with E-state index >= 15 is 0 Å². The summed E-state index contributed by atoms with van der Waals surface area (Å²) in [5.41, 5.74) is 5.75. The molecule has 0 aromatic carbocycles. The normalized spacial score (nSPS) is 21.6.